The Kier molecular flexibility index (Phi) is 3.23. The van der Waals surface area contributed by atoms with Crippen LogP contribution in [0.3, 0.4) is 0 Å². The van der Waals surface area contributed by atoms with Crippen molar-refractivity contribution in [3.63, 3.8) is 0 Å². The van der Waals surface area contributed by atoms with Gasteiger partial charge in [0.25, 0.3) is 0 Å². The number of carbonyl (C=O) groups is 1. The average molecular weight is 231 g/mol. The van der Waals surface area contributed by atoms with Gasteiger partial charge in [-0.2, -0.15) is 0 Å². The minimum absolute atomic E-state index is 0.179. The third-order valence-electron chi connectivity index (χ3n) is 2.50. The molecule has 0 aliphatic rings. The normalized spacial score (nSPS) is 10.4. The summed E-state index contributed by atoms with van der Waals surface area (Å²) in [6.45, 7) is 1.97. The summed E-state index contributed by atoms with van der Waals surface area (Å²) >= 11 is 0. The zero-order chi connectivity index (χ0) is 12.3. The van der Waals surface area contributed by atoms with E-state index in [9.17, 15) is 9.90 Å². The lowest BCUT2D eigenvalue weighted by atomic mass is 10.0. The summed E-state index contributed by atoms with van der Waals surface area (Å²) in [4.78, 5) is 11.3. The summed E-state index contributed by atoms with van der Waals surface area (Å²) in [6.07, 6.45) is 1.44. The molecule has 1 aromatic carbocycles. The van der Waals surface area contributed by atoms with Gasteiger partial charge in [-0.15, -0.1) is 0 Å². The van der Waals surface area contributed by atoms with Crippen molar-refractivity contribution in [1.82, 2.24) is 5.16 Å². The van der Waals surface area contributed by atoms with Gasteiger partial charge in [0.1, 0.15) is 5.56 Å². The smallest absolute Gasteiger partial charge is 0.341 e. The van der Waals surface area contributed by atoms with Gasteiger partial charge in [0.15, 0.2) is 5.76 Å². The fourth-order valence-electron chi connectivity index (χ4n) is 1.74. The first-order valence-corrected chi connectivity index (χ1v) is 5.51. The second kappa shape index (κ2) is 4.82. The topological polar surface area (TPSA) is 63.3 Å². The summed E-state index contributed by atoms with van der Waals surface area (Å²) in [5.74, 6) is -0.657. The molecule has 4 heteroatoms. The lowest BCUT2D eigenvalue weighted by molar-refractivity contribution is 0.0696. The zero-order valence-electron chi connectivity index (χ0n) is 9.51. The molecule has 17 heavy (non-hydrogen) atoms. The van der Waals surface area contributed by atoms with Gasteiger partial charge in [-0.25, -0.2) is 4.79 Å². The third-order valence-corrected chi connectivity index (χ3v) is 2.50. The number of rotatable bonds is 4. The second-order valence-corrected chi connectivity index (χ2v) is 3.75. The van der Waals surface area contributed by atoms with Gasteiger partial charge < -0.3 is 9.63 Å². The van der Waals surface area contributed by atoms with E-state index in [0.29, 0.717) is 17.9 Å². The number of benzene rings is 1. The Bertz CT molecular complexity index is 517. The number of carboxylic acids is 1. The van der Waals surface area contributed by atoms with Crippen molar-refractivity contribution >= 4 is 5.97 Å². The molecule has 1 heterocycles. The molecule has 88 valence electrons. The van der Waals surface area contributed by atoms with Crippen LogP contribution in [0.15, 0.2) is 34.9 Å². The van der Waals surface area contributed by atoms with E-state index in [4.69, 9.17) is 4.52 Å². The molecule has 0 saturated heterocycles. The van der Waals surface area contributed by atoms with Crippen molar-refractivity contribution < 1.29 is 14.4 Å². The Labute approximate surface area is 98.9 Å². The summed E-state index contributed by atoms with van der Waals surface area (Å²) in [5.41, 5.74) is 1.43. The Morgan fingerprint density at radius 2 is 2.06 bits per heavy atom. The number of hydrogen-bond donors (Lipinski definition) is 1. The van der Waals surface area contributed by atoms with Gasteiger partial charge in [-0.3, -0.25) is 0 Å². The number of aryl methyl sites for hydroxylation is 1. The number of nitrogens with zero attached hydrogens (tertiary/aromatic N) is 1. The van der Waals surface area contributed by atoms with E-state index in [-0.39, 0.29) is 5.56 Å². The molecule has 0 saturated carbocycles. The van der Waals surface area contributed by atoms with Gasteiger partial charge in [0, 0.05) is 5.56 Å². The molecule has 0 atom stereocenters. The molecule has 0 radical (unpaired) electrons. The van der Waals surface area contributed by atoms with Crippen molar-refractivity contribution in [1.29, 1.82) is 0 Å². The van der Waals surface area contributed by atoms with Crippen LogP contribution >= 0.6 is 0 Å². The molecular weight excluding hydrogens is 218 g/mol. The average Bonchev–Trinajstić information content (AvgIpc) is 2.74. The van der Waals surface area contributed by atoms with Crippen LogP contribution in [0.25, 0.3) is 11.3 Å². The first-order valence-electron chi connectivity index (χ1n) is 5.51. The first kappa shape index (κ1) is 11.4. The van der Waals surface area contributed by atoms with Crippen LogP contribution in [0.4, 0.5) is 0 Å². The maximum atomic E-state index is 11.3. The zero-order valence-corrected chi connectivity index (χ0v) is 9.51. The fraction of sp³-hybridized carbons (Fsp3) is 0.231. The number of hydrogen-bond acceptors (Lipinski definition) is 3. The second-order valence-electron chi connectivity index (χ2n) is 3.75. The predicted molar refractivity (Wildman–Crippen MR) is 62.9 cm³/mol. The molecule has 0 fully saturated rings. The van der Waals surface area contributed by atoms with E-state index in [0.717, 1.165) is 12.0 Å². The molecule has 0 bridgehead atoms. The van der Waals surface area contributed by atoms with Crippen molar-refractivity contribution in [3.05, 3.63) is 41.6 Å². The van der Waals surface area contributed by atoms with Crippen LogP contribution in [0, 0.1) is 0 Å². The van der Waals surface area contributed by atoms with Crippen LogP contribution in [0.2, 0.25) is 0 Å². The molecule has 2 rings (SSSR count). The molecule has 0 aliphatic heterocycles. The van der Waals surface area contributed by atoms with Gasteiger partial charge in [0.05, 0.1) is 5.69 Å². The minimum Gasteiger partial charge on any atom is -0.477 e. The highest BCUT2D eigenvalue weighted by molar-refractivity contribution is 5.95. The van der Waals surface area contributed by atoms with E-state index in [1.165, 1.54) is 0 Å². The molecule has 0 amide bonds. The van der Waals surface area contributed by atoms with Gasteiger partial charge in [-0.05, 0) is 6.42 Å². The summed E-state index contributed by atoms with van der Waals surface area (Å²) in [5, 5.41) is 13.1. The van der Waals surface area contributed by atoms with E-state index in [1.54, 1.807) is 0 Å². The maximum absolute atomic E-state index is 11.3. The standard InChI is InChI=1S/C13H13NO3/c1-2-6-10-11(13(15)16)12(17-14-10)9-7-4-3-5-8-9/h3-5,7-8H,2,6H2,1H3,(H,15,16). The predicted octanol–water partition coefficient (Wildman–Crippen LogP) is 2.99. The largest absolute Gasteiger partial charge is 0.477 e. The Balaban J connectivity index is 2.52. The minimum atomic E-state index is -0.992. The van der Waals surface area contributed by atoms with Crippen LogP contribution in [0.1, 0.15) is 29.4 Å². The summed E-state index contributed by atoms with van der Waals surface area (Å²) in [7, 11) is 0. The van der Waals surface area contributed by atoms with Crippen molar-refractivity contribution in [3.8, 4) is 11.3 Å². The van der Waals surface area contributed by atoms with Crippen LogP contribution < -0.4 is 0 Å². The molecule has 1 N–H and O–H groups in total. The Morgan fingerprint density at radius 1 is 1.35 bits per heavy atom. The highest BCUT2D eigenvalue weighted by Gasteiger charge is 2.22. The number of carboxylic acid groups (broad SMARTS) is 1. The molecule has 0 unspecified atom stereocenters. The summed E-state index contributed by atoms with van der Waals surface area (Å²) < 4.78 is 5.16. The lowest BCUT2D eigenvalue weighted by Crippen LogP contribution is -2.01. The van der Waals surface area contributed by atoms with Crippen LogP contribution in [0.5, 0.6) is 0 Å². The SMILES string of the molecule is CCCc1noc(-c2ccccc2)c1C(=O)O. The molecule has 2 aromatic rings. The van der Waals surface area contributed by atoms with E-state index in [1.807, 2.05) is 37.3 Å². The molecule has 1 aromatic heterocycles. The maximum Gasteiger partial charge on any atom is 0.341 e. The fourth-order valence-corrected chi connectivity index (χ4v) is 1.74. The number of aromatic nitrogens is 1. The molecule has 4 nitrogen and oxygen atoms in total. The van der Waals surface area contributed by atoms with Gasteiger partial charge >= 0.3 is 5.97 Å². The lowest BCUT2D eigenvalue weighted by Gasteiger charge is -1.98. The van der Waals surface area contributed by atoms with E-state index in [2.05, 4.69) is 5.16 Å². The Hall–Kier alpha value is -2.10. The van der Waals surface area contributed by atoms with Gasteiger partial charge in [0.2, 0.25) is 0 Å². The molecule has 0 aliphatic carbocycles. The third kappa shape index (κ3) is 2.20. The van der Waals surface area contributed by atoms with Crippen molar-refractivity contribution in [2.24, 2.45) is 0 Å². The monoisotopic (exact) mass is 231 g/mol. The van der Waals surface area contributed by atoms with Crippen molar-refractivity contribution in [2.45, 2.75) is 19.8 Å². The highest BCUT2D eigenvalue weighted by atomic mass is 16.5. The van der Waals surface area contributed by atoms with Crippen molar-refractivity contribution in [2.75, 3.05) is 0 Å². The number of aromatic carboxylic acids is 1. The first-order chi connectivity index (χ1) is 8.24. The van der Waals surface area contributed by atoms with E-state index < -0.39 is 5.97 Å². The van der Waals surface area contributed by atoms with Crippen LogP contribution in [-0.2, 0) is 6.42 Å². The highest BCUT2D eigenvalue weighted by Crippen LogP contribution is 2.26. The van der Waals surface area contributed by atoms with Crippen LogP contribution in [-0.4, -0.2) is 16.2 Å². The Morgan fingerprint density at radius 3 is 2.65 bits per heavy atom. The van der Waals surface area contributed by atoms with E-state index >= 15 is 0 Å². The quantitative estimate of drug-likeness (QED) is 0.878. The summed E-state index contributed by atoms with van der Waals surface area (Å²) in [6, 6.07) is 9.16. The molecular formula is C13H13NO3. The molecule has 0 spiro atoms. The van der Waals surface area contributed by atoms with Gasteiger partial charge in [-0.1, -0.05) is 48.8 Å².